The summed E-state index contributed by atoms with van der Waals surface area (Å²) in [6.07, 6.45) is 5.90. The number of nitrogens with one attached hydrogen (secondary N) is 1. The van der Waals surface area contributed by atoms with Crippen LogP contribution in [0.4, 0.5) is 5.95 Å². The molecule has 2 aliphatic rings. The van der Waals surface area contributed by atoms with Crippen molar-refractivity contribution in [2.75, 3.05) is 18.0 Å². The number of hydrogen-bond acceptors (Lipinski definition) is 4. The van der Waals surface area contributed by atoms with Crippen LogP contribution in [0.2, 0.25) is 0 Å². The zero-order valence-corrected chi connectivity index (χ0v) is 11.3. The van der Waals surface area contributed by atoms with Crippen molar-refractivity contribution in [3.63, 3.8) is 0 Å². The molecule has 2 fully saturated rings. The summed E-state index contributed by atoms with van der Waals surface area (Å²) in [4.78, 5) is 22.9. The lowest BCUT2D eigenvalue weighted by Crippen LogP contribution is -2.41. The van der Waals surface area contributed by atoms with Crippen LogP contribution in [0.1, 0.15) is 31.4 Å². The lowest BCUT2D eigenvalue weighted by Gasteiger charge is -2.31. The topological polar surface area (TPSA) is 58.1 Å². The summed E-state index contributed by atoms with van der Waals surface area (Å²) in [6, 6.07) is 2.37. The first kappa shape index (κ1) is 12.4. The Morgan fingerprint density at radius 1 is 1.32 bits per heavy atom. The molecule has 2 heterocycles. The van der Waals surface area contributed by atoms with E-state index in [1.165, 1.54) is 0 Å². The third kappa shape index (κ3) is 3.03. The molecule has 1 N–H and O–H groups in total. The van der Waals surface area contributed by atoms with Crippen molar-refractivity contribution in [2.24, 2.45) is 5.92 Å². The molecular formula is C14H20N4O. The second-order valence-corrected chi connectivity index (χ2v) is 5.54. The molecule has 0 spiro atoms. The minimum absolute atomic E-state index is 0.168. The Morgan fingerprint density at radius 3 is 2.68 bits per heavy atom. The Kier molecular flexibility index (Phi) is 3.36. The van der Waals surface area contributed by atoms with Crippen LogP contribution in [-0.4, -0.2) is 35.0 Å². The minimum Gasteiger partial charge on any atom is -0.353 e. The van der Waals surface area contributed by atoms with E-state index in [9.17, 15) is 4.79 Å². The zero-order chi connectivity index (χ0) is 13.2. The quantitative estimate of drug-likeness (QED) is 0.889. The van der Waals surface area contributed by atoms with E-state index in [0.29, 0.717) is 6.04 Å². The molecule has 1 amide bonds. The van der Waals surface area contributed by atoms with Gasteiger partial charge in [0, 0.05) is 36.9 Å². The number of nitrogens with zero attached hydrogens (tertiary/aromatic N) is 3. The van der Waals surface area contributed by atoms with Gasteiger partial charge in [-0.1, -0.05) is 0 Å². The standard InChI is InChI=1S/C14H20N4O/c1-10-4-7-15-14(16-10)18-8-5-11(6-9-18)13(19)17-12-2-3-12/h4,7,11-12H,2-3,5-6,8-9H2,1H3,(H,17,19). The monoisotopic (exact) mass is 260 g/mol. The van der Waals surface area contributed by atoms with Crippen LogP contribution >= 0.6 is 0 Å². The molecule has 0 unspecified atom stereocenters. The Bertz CT molecular complexity index is 464. The molecule has 1 aromatic heterocycles. The van der Waals surface area contributed by atoms with Gasteiger partial charge in [-0.15, -0.1) is 0 Å². The number of aryl methyl sites for hydroxylation is 1. The second kappa shape index (κ2) is 5.15. The predicted octanol–water partition coefficient (Wildman–Crippen LogP) is 1.28. The van der Waals surface area contributed by atoms with E-state index in [1.54, 1.807) is 6.20 Å². The van der Waals surface area contributed by atoms with E-state index in [-0.39, 0.29) is 11.8 Å². The van der Waals surface area contributed by atoms with Crippen LogP contribution in [0.25, 0.3) is 0 Å². The van der Waals surface area contributed by atoms with Gasteiger partial charge in [-0.2, -0.15) is 0 Å². The fraction of sp³-hybridized carbons (Fsp3) is 0.643. The summed E-state index contributed by atoms with van der Waals surface area (Å²) in [6.45, 7) is 3.71. The van der Waals surface area contributed by atoms with Gasteiger partial charge in [-0.3, -0.25) is 4.79 Å². The first-order valence-corrected chi connectivity index (χ1v) is 7.07. The summed E-state index contributed by atoms with van der Waals surface area (Å²) >= 11 is 0. The SMILES string of the molecule is Cc1ccnc(N2CCC(C(=O)NC3CC3)CC2)n1. The number of anilines is 1. The Hall–Kier alpha value is -1.65. The molecule has 3 rings (SSSR count). The maximum Gasteiger partial charge on any atom is 0.225 e. The molecule has 0 atom stereocenters. The van der Waals surface area contributed by atoms with Gasteiger partial charge < -0.3 is 10.2 Å². The largest absolute Gasteiger partial charge is 0.353 e. The van der Waals surface area contributed by atoms with Crippen LogP contribution in [-0.2, 0) is 4.79 Å². The van der Waals surface area contributed by atoms with Gasteiger partial charge in [-0.25, -0.2) is 9.97 Å². The Morgan fingerprint density at radius 2 is 2.05 bits per heavy atom. The van der Waals surface area contributed by atoms with Crippen molar-refractivity contribution in [2.45, 2.75) is 38.6 Å². The number of carbonyl (C=O) groups is 1. The molecule has 1 saturated carbocycles. The molecule has 5 heteroatoms. The predicted molar refractivity (Wildman–Crippen MR) is 72.9 cm³/mol. The highest BCUT2D eigenvalue weighted by atomic mass is 16.2. The van der Waals surface area contributed by atoms with Crippen molar-refractivity contribution in [3.8, 4) is 0 Å². The number of rotatable bonds is 3. The van der Waals surface area contributed by atoms with Gasteiger partial charge in [0.05, 0.1) is 0 Å². The van der Waals surface area contributed by atoms with Crippen LogP contribution < -0.4 is 10.2 Å². The van der Waals surface area contributed by atoms with E-state index >= 15 is 0 Å². The van der Waals surface area contributed by atoms with Crippen molar-refractivity contribution in [3.05, 3.63) is 18.0 Å². The van der Waals surface area contributed by atoms with Gasteiger partial charge in [-0.05, 0) is 38.7 Å². The summed E-state index contributed by atoms with van der Waals surface area (Å²) < 4.78 is 0. The Labute approximate surface area is 113 Å². The first-order valence-electron chi connectivity index (χ1n) is 7.07. The van der Waals surface area contributed by atoms with Crippen LogP contribution in [0.3, 0.4) is 0 Å². The second-order valence-electron chi connectivity index (χ2n) is 5.54. The van der Waals surface area contributed by atoms with Crippen LogP contribution in [0, 0.1) is 12.8 Å². The lowest BCUT2D eigenvalue weighted by atomic mass is 9.96. The smallest absolute Gasteiger partial charge is 0.225 e. The number of carbonyl (C=O) groups excluding carboxylic acids is 1. The van der Waals surface area contributed by atoms with E-state index in [0.717, 1.165) is 50.4 Å². The average molecular weight is 260 g/mol. The molecule has 5 nitrogen and oxygen atoms in total. The maximum atomic E-state index is 12.0. The van der Waals surface area contributed by atoms with E-state index < -0.39 is 0 Å². The summed E-state index contributed by atoms with van der Waals surface area (Å²) in [7, 11) is 0. The fourth-order valence-corrected chi connectivity index (χ4v) is 2.48. The molecule has 1 saturated heterocycles. The average Bonchev–Trinajstić information content (AvgIpc) is 3.23. The number of amides is 1. The van der Waals surface area contributed by atoms with Crippen molar-refractivity contribution in [1.82, 2.24) is 15.3 Å². The van der Waals surface area contributed by atoms with Gasteiger partial charge in [0.25, 0.3) is 0 Å². The molecule has 1 aromatic rings. The van der Waals surface area contributed by atoms with Gasteiger partial charge in [0.1, 0.15) is 0 Å². The number of piperidine rings is 1. The first-order chi connectivity index (χ1) is 9.22. The fourth-order valence-electron chi connectivity index (χ4n) is 2.48. The molecule has 19 heavy (non-hydrogen) atoms. The molecule has 1 aliphatic heterocycles. The Balaban J connectivity index is 1.55. The van der Waals surface area contributed by atoms with Crippen molar-refractivity contribution in [1.29, 1.82) is 0 Å². The van der Waals surface area contributed by atoms with E-state index in [4.69, 9.17) is 0 Å². The highest BCUT2D eigenvalue weighted by Gasteiger charge is 2.30. The highest BCUT2D eigenvalue weighted by Crippen LogP contribution is 2.24. The zero-order valence-electron chi connectivity index (χ0n) is 11.3. The molecule has 0 aromatic carbocycles. The molecule has 0 bridgehead atoms. The third-order valence-corrected chi connectivity index (χ3v) is 3.85. The highest BCUT2D eigenvalue weighted by molar-refractivity contribution is 5.79. The number of aromatic nitrogens is 2. The molecule has 1 aliphatic carbocycles. The molecule has 102 valence electrons. The van der Waals surface area contributed by atoms with Crippen molar-refractivity contribution >= 4 is 11.9 Å². The summed E-state index contributed by atoms with van der Waals surface area (Å²) in [5.41, 5.74) is 0.985. The normalized spacial score (nSPS) is 20.4. The van der Waals surface area contributed by atoms with Crippen LogP contribution in [0.5, 0.6) is 0 Å². The molecular weight excluding hydrogens is 240 g/mol. The summed E-state index contributed by atoms with van der Waals surface area (Å²) in [5.74, 6) is 1.20. The summed E-state index contributed by atoms with van der Waals surface area (Å²) in [5, 5.41) is 3.10. The van der Waals surface area contributed by atoms with Gasteiger partial charge in [0.15, 0.2) is 0 Å². The van der Waals surface area contributed by atoms with E-state index in [1.807, 2.05) is 13.0 Å². The molecule has 0 radical (unpaired) electrons. The van der Waals surface area contributed by atoms with Gasteiger partial charge >= 0.3 is 0 Å². The van der Waals surface area contributed by atoms with Gasteiger partial charge in [0.2, 0.25) is 11.9 Å². The number of hydrogen-bond donors (Lipinski definition) is 1. The minimum atomic E-state index is 0.168. The van der Waals surface area contributed by atoms with E-state index in [2.05, 4.69) is 20.2 Å². The van der Waals surface area contributed by atoms with Crippen LogP contribution in [0.15, 0.2) is 12.3 Å². The maximum absolute atomic E-state index is 12.0. The lowest BCUT2D eigenvalue weighted by molar-refractivity contribution is -0.125. The third-order valence-electron chi connectivity index (χ3n) is 3.85. The van der Waals surface area contributed by atoms with Crippen molar-refractivity contribution < 1.29 is 4.79 Å².